The molecule has 2 aromatic carbocycles. The zero-order valence-electron chi connectivity index (χ0n) is 11.9. The Hall–Kier alpha value is -1.84. The van der Waals surface area contributed by atoms with Gasteiger partial charge in [-0.1, -0.05) is 44.2 Å². The van der Waals surface area contributed by atoms with Crippen molar-refractivity contribution in [3.8, 4) is 11.5 Å². The van der Waals surface area contributed by atoms with Crippen LogP contribution in [0.5, 0.6) is 11.5 Å². The average molecular weight is 271 g/mol. The van der Waals surface area contributed by atoms with E-state index in [2.05, 4.69) is 0 Å². The molecule has 0 fully saturated rings. The van der Waals surface area contributed by atoms with Gasteiger partial charge in [0.05, 0.1) is 0 Å². The van der Waals surface area contributed by atoms with E-state index in [1.165, 1.54) is 0 Å². The molecule has 0 amide bonds. The van der Waals surface area contributed by atoms with Crippen molar-refractivity contribution in [3.05, 3.63) is 60.2 Å². The molecule has 0 heterocycles. The lowest BCUT2D eigenvalue weighted by Gasteiger charge is -2.29. The predicted octanol–water partition coefficient (Wildman–Crippen LogP) is 3.50. The Morgan fingerprint density at radius 2 is 1.70 bits per heavy atom. The van der Waals surface area contributed by atoms with E-state index in [1.54, 1.807) is 0 Å². The number of ether oxygens (including phenoxy) is 1. The average Bonchev–Trinajstić information content (AvgIpc) is 2.48. The fourth-order valence-corrected chi connectivity index (χ4v) is 1.95. The minimum absolute atomic E-state index is 0.0396. The molecule has 2 rings (SSSR count). The summed E-state index contributed by atoms with van der Waals surface area (Å²) < 4.78 is 5.80. The van der Waals surface area contributed by atoms with Crippen molar-refractivity contribution >= 4 is 0 Å². The molecule has 0 radical (unpaired) electrons. The summed E-state index contributed by atoms with van der Waals surface area (Å²) in [5.74, 6) is 1.54. The maximum absolute atomic E-state index is 9.42. The van der Waals surface area contributed by atoms with Crippen molar-refractivity contribution in [1.29, 1.82) is 0 Å². The summed E-state index contributed by atoms with van der Waals surface area (Å²) in [5.41, 5.74) is 6.82. The Labute approximate surface area is 120 Å². The van der Waals surface area contributed by atoms with E-state index in [1.807, 2.05) is 68.4 Å². The summed E-state index contributed by atoms with van der Waals surface area (Å²) in [4.78, 5) is 0. The van der Waals surface area contributed by atoms with E-state index in [4.69, 9.17) is 10.5 Å². The van der Waals surface area contributed by atoms with Crippen LogP contribution in [0.1, 0.15) is 25.5 Å². The van der Waals surface area contributed by atoms with Crippen LogP contribution in [0.4, 0.5) is 0 Å². The SMILES string of the molecule is CC(C)(CO)[C@@H](N)c1cccc(Oc2ccccc2)c1. The third kappa shape index (κ3) is 3.38. The van der Waals surface area contributed by atoms with Crippen molar-refractivity contribution in [1.82, 2.24) is 0 Å². The van der Waals surface area contributed by atoms with Crippen molar-refractivity contribution in [3.63, 3.8) is 0 Å². The molecule has 20 heavy (non-hydrogen) atoms. The lowest BCUT2D eigenvalue weighted by Crippen LogP contribution is -2.32. The van der Waals surface area contributed by atoms with Gasteiger partial charge >= 0.3 is 0 Å². The summed E-state index contributed by atoms with van der Waals surface area (Å²) in [6.45, 7) is 3.93. The molecule has 3 heteroatoms. The van der Waals surface area contributed by atoms with Crippen molar-refractivity contribution in [2.24, 2.45) is 11.1 Å². The molecule has 0 bridgehead atoms. The summed E-state index contributed by atoms with van der Waals surface area (Å²) >= 11 is 0. The Morgan fingerprint density at radius 3 is 2.35 bits per heavy atom. The topological polar surface area (TPSA) is 55.5 Å². The molecule has 0 spiro atoms. The van der Waals surface area contributed by atoms with Gasteiger partial charge in [-0.25, -0.2) is 0 Å². The third-order valence-electron chi connectivity index (χ3n) is 3.45. The Bertz CT molecular complexity index is 552. The summed E-state index contributed by atoms with van der Waals surface area (Å²) in [6, 6.07) is 17.1. The van der Waals surface area contributed by atoms with Gasteiger partial charge in [-0.15, -0.1) is 0 Å². The number of benzene rings is 2. The molecule has 0 unspecified atom stereocenters. The number of hydrogen-bond donors (Lipinski definition) is 2. The van der Waals surface area contributed by atoms with Crippen LogP contribution in [0.25, 0.3) is 0 Å². The minimum atomic E-state index is -0.370. The first kappa shape index (κ1) is 14.6. The van der Waals surface area contributed by atoms with Crippen LogP contribution in [0, 0.1) is 5.41 Å². The molecule has 0 aliphatic heterocycles. The lowest BCUT2D eigenvalue weighted by molar-refractivity contribution is 0.132. The Balaban J connectivity index is 2.20. The second kappa shape index (κ2) is 6.07. The van der Waals surface area contributed by atoms with Gasteiger partial charge in [0.1, 0.15) is 11.5 Å². The number of aliphatic hydroxyl groups is 1. The summed E-state index contributed by atoms with van der Waals surface area (Å²) in [7, 11) is 0. The zero-order valence-corrected chi connectivity index (χ0v) is 11.9. The highest BCUT2D eigenvalue weighted by Gasteiger charge is 2.27. The minimum Gasteiger partial charge on any atom is -0.457 e. The van der Waals surface area contributed by atoms with E-state index in [0.29, 0.717) is 0 Å². The lowest BCUT2D eigenvalue weighted by atomic mass is 9.82. The van der Waals surface area contributed by atoms with Crippen LogP contribution in [-0.2, 0) is 0 Å². The van der Waals surface area contributed by atoms with Gasteiger partial charge in [-0.3, -0.25) is 0 Å². The molecular weight excluding hydrogens is 250 g/mol. The van der Waals surface area contributed by atoms with Crippen LogP contribution in [0.3, 0.4) is 0 Å². The highest BCUT2D eigenvalue weighted by molar-refractivity contribution is 5.35. The maximum atomic E-state index is 9.42. The van der Waals surface area contributed by atoms with Crippen LogP contribution >= 0.6 is 0 Å². The predicted molar refractivity (Wildman–Crippen MR) is 80.8 cm³/mol. The molecule has 0 saturated carbocycles. The van der Waals surface area contributed by atoms with E-state index in [0.717, 1.165) is 17.1 Å². The van der Waals surface area contributed by atoms with Gasteiger partial charge in [0.2, 0.25) is 0 Å². The van der Waals surface area contributed by atoms with Crippen molar-refractivity contribution < 1.29 is 9.84 Å². The quantitative estimate of drug-likeness (QED) is 0.875. The first-order valence-electron chi connectivity index (χ1n) is 6.72. The van der Waals surface area contributed by atoms with Gasteiger partial charge in [-0.2, -0.15) is 0 Å². The normalized spacial score (nSPS) is 13.0. The largest absolute Gasteiger partial charge is 0.457 e. The second-order valence-electron chi connectivity index (χ2n) is 5.61. The van der Waals surface area contributed by atoms with E-state index < -0.39 is 0 Å². The third-order valence-corrected chi connectivity index (χ3v) is 3.45. The van der Waals surface area contributed by atoms with E-state index >= 15 is 0 Å². The fraction of sp³-hybridized carbons (Fsp3) is 0.294. The van der Waals surface area contributed by atoms with Crippen LogP contribution in [0.15, 0.2) is 54.6 Å². The zero-order chi connectivity index (χ0) is 14.6. The summed E-state index contributed by atoms with van der Waals surface area (Å²) in [5, 5.41) is 9.42. The standard InChI is InChI=1S/C17H21NO2/c1-17(2,12-19)16(18)13-7-6-10-15(11-13)20-14-8-4-3-5-9-14/h3-11,16,19H,12,18H2,1-2H3/t16-/m0/s1. The first-order valence-corrected chi connectivity index (χ1v) is 6.72. The monoisotopic (exact) mass is 271 g/mol. The molecule has 2 aromatic rings. The van der Waals surface area contributed by atoms with Crippen LogP contribution in [-0.4, -0.2) is 11.7 Å². The number of para-hydroxylation sites is 1. The fourth-order valence-electron chi connectivity index (χ4n) is 1.95. The Morgan fingerprint density at radius 1 is 1.05 bits per heavy atom. The molecule has 106 valence electrons. The van der Waals surface area contributed by atoms with Crippen molar-refractivity contribution in [2.75, 3.05) is 6.61 Å². The Kier molecular flexibility index (Phi) is 4.42. The molecule has 3 N–H and O–H groups in total. The molecule has 0 aliphatic rings. The number of aliphatic hydroxyl groups excluding tert-OH is 1. The van der Waals surface area contributed by atoms with E-state index in [-0.39, 0.29) is 18.1 Å². The molecule has 3 nitrogen and oxygen atoms in total. The molecule has 1 atom stereocenters. The second-order valence-corrected chi connectivity index (χ2v) is 5.61. The molecular formula is C17H21NO2. The van der Waals surface area contributed by atoms with Gasteiger partial charge in [0, 0.05) is 18.1 Å². The first-order chi connectivity index (χ1) is 9.53. The highest BCUT2D eigenvalue weighted by atomic mass is 16.5. The molecule has 0 aliphatic carbocycles. The smallest absolute Gasteiger partial charge is 0.127 e. The summed E-state index contributed by atoms with van der Waals surface area (Å²) in [6.07, 6.45) is 0. The molecule has 0 aromatic heterocycles. The van der Waals surface area contributed by atoms with Gasteiger partial charge in [-0.05, 0) is 29.8 Å². The van der Waals surface area contributed by atoms with E-state index in [9.17, 15) is 5.11 Å². The molecule has 0 saturated heterocycles. The van der Waals surface area contributed by atoms with Crippen molar-refractivity contribution in [2.45, 2.75) is 19.9 Å². The number of nitrogens with two attached hydrogens (primary N) is 1. The number of hydrogen-bond acceptors (Lipinski definition) is 3. The maximum Gasteiger partial charge on any atom is 0.127 e. The van der Waals surface area contributed by atoms with Crippen LogP contribution in [0.2, 0.25) is 0 Å². The van der Waals surface area contributed by atoms with Gasteiger partial charge in [0.15, 0.2) is 0 Å². The highest BCUT2D eigenvalue weighted by Crippen LogP contribution is 2.33. The van der Waals surface area contributed by atoms with Gasteiger partial charge < -0.3 is 15.6 Å². The van der Waals surface area contributed by atoms with Gasteiger partial charge in [0.25, 0.3) is 0 Å². The van der Waals surface area contributed by atoms with Crippen LogP contribution < -0.4 is 10.5 Å². The number of rotatable bonds is 5.